The number of fused-ring (bicyclic) bond motifs is 1. The molecule has 2 rings (SSSR count). The molecule has 5 nitrogen and oxygen atoms in total. The molecule has 0 saturated heterocycles. The second-order valence-corrected chi connectivity index (χ2v) is 5.81. The van der Waals surface area contributed by atoms with Gasteiger partial charge in [0, 0.05) is 13.6 Å². The number of sulfonamides is 1. The number of hydrogen-bond donors (Lipinski definition) is 1. The van der Waals surface area contributed by atoms with E-state index in [1.54, 1.807) is 18.2 Å². The summed E-state index contributed by atoms with van der Waals surface area (Å²) in [6.45, 7) is 5.06. The second kappa shape index (κ2) is 4.99. The van der Waals surface area contributed by atoms with E-state index in [0.717, 1.165) is 12.2 Å². The van der Waals surface area contributed by atoms with Crippen LogP contribution in [0.5, 0.6) is 5.75 Å². The largest absolute Gasteiger partial charge is 0.490 e. The van der Waals surface area contributed by atoms with Gasteiger partial charge in [-0.2, -0.15) is 0 Å². The lowest BCUT2D eigenvalue weighted by molar-refractivity contribution is 0.311. The summed E-state index contributed by atoms with van der Waals surface area (Å²) in [5.41, 5.74) is 0.794. The zero-order chi connectivity index (χ0) is 13.2. The van der Waals surface area contributed by atoms with Crippen LogP contribution in [0.15, 0.2) is 35.7 Å². The van der Waals surface area contributed by atoms with E-state index in [9.17, 15) is 8.42 Å². The molecule has 0 aliphatic carbocycles. The van der Waals surface area contributed by atoms with Gasteiger partial charge in [0.05, 0.1) is 17.1 Å². The topological polar surface area (TPSA) is 58.6 Å². The van der Waals surface area contributed by atoms with Gasteiger partial charge in [0.2, 0.25) is 10.0 Å². The number of benzene rings is 1. The summed E-state index contributed by atoms with van der Waals surface area (Å²) >= 11 is 0. The minimum Gasteiger partial charge on any atom is -0.490 e. The first-order valence-electron chi connectivity index (χ1n) is 5.63. The summed E-state index contributed by atoms with van der Waals surface area (Å²) in [5, 5.41) is 0. The molecule has 0 atom stereocenters. The van der Waals surface area contributed by atoms with Crippen LogP contribution in [0.25, 0.3) is 0 Å². The normalized spacial score (nSPS) is 14.8. The maximum Gasteiger partial charge on any atom is 0.240 e. The van der Waals surface area contributed by atoms with Crippen LogP contribution >= 0.6 is 0 Å². The predicted octanol–water partition coefficient (Wildman–Crippen LogP) is 0.980. The van der Waals surface area contributed by atoms with Crippen molar-refractivity contribution in [3.8, 4) is 5.75 Å². The van der Waals surface area contributed by atoms with Crippen LogP contribution in [0.2, 0.25) is 0 Å². The molecular formula is C12H16N2O3S. The summed E-state index contributed by atoms with van der Waals surface area (Å²) in [5.74, 6) is 0.714. The molecule has 1 aliphatic heterocycles. The van der Waals surface area contributed by atoms with Crippen LogP contribution in [0.1, 0.15) is 0 Å². The van der Waals surface area contributed by atoms with Crippen molar-refractivity contribution in [2.24, 2.45) is 0 Å². The number of anilines is 1. The molecule has 0 aromatic heterocycles. The molecule has 6 heteroatoms. The zero-order valence-electron chi connectivity index (χ0n) is 10.2. The monoisotopic (exact) mass is 268 g/mol. The third-order valence-electron chi connectivity index (χ3n) is 2.75. The predicted molar refractivity (Wildman–Crippen MR) is 70.6 cm³/mol. The summed E-state index contributed by atoms with van der Waals surface area (Å²) in [6.07, 6.45) is 1.51. The van der Waals surface area contributed by atoms with Crippen LogP contribution in [0.3, 0.4) is 0 Å². The van der Waals surface area contributed by atoms with Crippen molar-refractivity contribution in [2.75, 3.05) is 31.6 Å². The number of hydrogen-bond acceptors (Lipinski definition) is 4. The maximum atomic E-state index is 12.0. The van der Waals surface area contributed by atoms with Gasteiger partial charge < -0.3 is 9.64 Å². The Morgan fingerprint density at radius 2 is 2.33 bits per heavy atom. The Labute approximate surface area is 107 Å². The van der Waals surface area contributed by atoms with Gasteiger partial charge in [-0.05, 0) is 18.2 Å². The molecule has 1 heterocycles. The average molecular weight is 268 g/mol. The van der Waals surface area contributed by atoms with Gasteiger partial charge >= 0.3 is 0 Å². The highest BCUT2D eigenvalue weighted by molar-refractivity contribution is 7.89. The Kier molecular flexibility index (Phi) is 3.58. The van der Waals surface area contributed by atoms with Gasteiger partial charge in [-0.1, -0.05) is 6.08 Å². The molecule has 1 aliphatic rings. The van der Waals surface area contributed by atoms with Crippen molar-refractivity contribution in [3.05, 3.63) is 30.9 Å². The molecule has 0 spiro atoms. The van der Waals surface area contributed by atoms with Gasteiger partial charge in [0.15, 0.2) is 0 Å². The molecule has 1 aromatic rings. The molecule has 1 N–H and O–H groups in total. The molecule has 98 valence electrons. The Balaban J connectivity index is 2.36. The van der Waals surface area contributed by atoms with Crippen molar-refractivity contribution in [1.29, 1.82) is 0 Å². The highest BCUT2D eigenvalue weighted by atomic mass is 32.2. The Hall–Kier alpha value is -1.53. The van der Waals surface area contributed by atoms with Gasteiger partial charge in [-0.3, -0.25) is 0 Å². The van der Waals surface area contributed by atoms with E-state index in [1.807, 2.05) is 11.9 Å². The van der Waals surface area contributed by atoms with Gasteiger partial charge in [-0.25, -0.2) is 13.1 Å². The van der Waals surface area contributed by atoms with Crippen molar-refractivity contribution in [1.82, 2.24) is 4.72 Å². The summed E-state index contributed by atoms with van der Waals surface area (Å²) in [7, 11) is -1.57. The first-order valence-corrected chi connectivity index (χ1v) is 7.11. The fourth-order valence-electron chi connectivity index (χ4n) is 1.75. The maximum absolute atomic E-state index is 12.0. The van der Waals surface area contributed by atoms with Crippen molar-refractivity contribution in [2.45, 2.75) is 4.90 Å². The fraction of sp³-hybridized carbons (Fsp3) is 0.333. The van der Waals surface area contributed by atoms with Crippen LogP contribution in [0, 0.1) is 0 Å². The molecule has 18 heavy (non-hydrogen) atoms. The second-order valence-electron chi connectivity index (χ2n) is 4.04. The first kappa shape index (κ1) is 12.9. The summed E-state index contributed by atoms with van der Waals surface area (Å²) in [6, 6.07) is 4.86. The van der Waals surface area contributed by atoms with E-state index in [2.05, 4.69) is 11.3 Å². The lowest BCUT2D eigenvalue weighted by Crippen LogP contribution is -2.29. The highest BCUT2D eigenvalue weighted by Gasteiger charge is 2.19. The molecule has 1 aromatic carbocycles. The molecular weight excluding hydrogens is 252 g/mol. The number of ether oxygens (including phenoxy) is 1. The van der Waals surface area contributed by atoms with E-state index in [4.69, 9.17) is 4.74 Å². The smallest absolute Gasteiger partial charge is 0.240 e. The molecule has 0 amide bonds. The quantitative estimate of drug-likeness (QED) is 0.827. The molecule has 0 unspecified atom stereocenters. The minimum absolute atomic E-state index is 0.214. The number of rotatable bonds is 4. The van der Waals surface area contributed by atoms with Crippen molar-refractivity contribution < 1.29 is 13.2 Å². The molecule has 0 radical (unpaired) electrons. The van der Waals surface area contributed by atoms with Gasteiger partial charge in [0.25, 0.3) is 0 Å². The average Bonchev–Trinajstić information content (AvgIpc) is 2.36. The van der Waals surface area contributed by atoms with E-state index in [0.29, 0.717) is 12.4 Å². The molecule has 0 bridgehead atoms. The van der Waals surface area contributed by atoms with Crippen LogP contribution in [-0.4, -0.2) is 35.2 Å². The fourth-order valence-corrected chi connectivity index (χ4v) is 2.77. The van der Waals surface area contributed by atoms with Crippen LogP contribution < -0.4 is 14.4 Å². The van der Waals surface area contributed by atoms with Crippen LogP contribution in [0.4, 0.5) is 5.69 Å². The Bertz CT molecular complexity index is 554. The lowest BCUT2D eigenvalue weighted by atomic mass is 10.2. The van der Waals surface area contributed by atoms with Crippen LogP contribution in [-0.2, 0) is 10.0 Å². The zero-order valence-corrected chi connectivity index (χ0v) is 11.0. The number of nitrogens with one attached hydrogen (secondary N) is 1. The lowest BCUT2D eigenvalue weighted by Gasteiger charge is -2.27. The van der Waals surface area contributed by atoms with Gasteiger partial charge in [-0.15, -0.1) is 6.58 Å². The van der Waals surface area contributed by atoms with Crippen molar-refractivity contribution in [3.63, 3.8) is 0 Å². The molecule has 0 fully saturated rings. The van der Waals surface area contributed by atoms with Gasteiger partial charge in [0.1, 0.15) is 12.4 Å². The third-order valence-corrected chi connectivity index (χ3v) is 4.18. The standard InChI is InChI=1S/C12H16N2O3S/c1-3-6-13-18(15,16)10-4-5-12-11(9-10)14(2)7-8-17-12/h3-5,9,13H,1,6-8H2,2H3. The van der Waals surface area contributed by atoms with Crippen molar-refractivity contribution >= 4 is 15.7 Å². The van der Waals surface area contributed by atoms with E-state index in [1.165, 1.54) is 6.08 Å². The minimum atomic E-state index is -3.48. The summed E-state index contributed by atoms with van der Waals surface area (Å²) in [4.78, 5) is 2.21. The van der Waals surface area contributed by atoms with E-state index < -0.39 is 10.0 Å². The Morgan fingerprint density at radius 1 is 1.56 bits per heavy atom. The van der Waals surface area contributed by atoms with E-state index in [-0.39, 0.29) is 11.4 Å². The highest BCUT2D eigenvalue weighted by Crippen LogP contribution is 2.32. The number of nitrogens with zero attached hydrogens (tertiary/aromatic N) is 1. The molecule has 0 saturated carbocycles. The SMILES string of the molecule is C=CCNS(=O)(=O)c1ccc2c(c1)N(C)CCO2. The first-order chi connectivity index (χ1) is 8.54. The summed E-state index contributed by atoms with van der Waals surface area (Å²) < 4.78 is 31.8. The number of likely N-dealkylation sites (N-methyl/N-ethyl adjacent to an activating group) is 1. The Morgan fingerprint density at radius 3 is 3.06 bits per heavy atom. The van der Waals surface area contributed by atoms with E-state index >= 15 is 0 Å². The third kappa shape index (κ3) is 2.49.